The molecule has 0 fully saturated rings. The second-order valence-electron chi connectivity index (χ2n) is 9.34. The van der Waals surface area contributed by atoms with E-state index in [9.17, 15) is 0 Å². The van der Waals surface area contributed by atoms with Crippen LogP contribution in [-0.2, 0) is 0 Å². The molecular weight excluding hydrogens is 470 g/mol. The lowest BCUT2D eigenvalue weighted by atomic mass is 10.0. The third-order valence-corrected chi connectivity index (χ3v) is 8.38. The van der Waals surface area contributed by atoms with Gasteiger partial charge in [0.05, 0.1) is 11.4 Å². The number of furan rings is 1. The van der Waals surface area contributed by atoms with E-state index in [-0.39, 0.29) is 0 Å². The van der Waals surface area contributed by atoms with Gasteiger partial charge in [0.1, 0.15) is 5.58 Å². The Kier molecular flexibility index (Phi) is 4.42. The molecule has 0 radical (unpaired) electrons. The number of hydrogen-bond donors (Lipinski definition) is 0. The highest BCUT2D eigenvalue weighted by Crippen LogP contribution is 2.47. The molecule has 0 atom stereocenters. The van der Waals surface area contributed by atoms with E-state index in [1.54, 1.807) is 0 Å². The first kappa shape index (κ1) is 20.6. The summed E-state index contributed by atoms with van der Waals surface area (Å²) in [6.07, 6.45) is 0. The fourth-order valence-electron chi connectivity index (χ4n) is 5.61. The van der Waals surface area contributed by atoms with Crippen LogP contribution in [0.3, 0.4) is 0 Å². The smallest absolute Gasteiger partial charge is 0.159 e. The van der Waals surface area contributed by atoms with Gasteiger partial charge in [0.15, 0.2) is 5.58 Å². The maximum atomic E-state index is 6.76. The van der Waals surface area contributed by atoms with E-state index in [0.717, 1.165) is 44.4 Å². The molecule has 8 rings (SSSR count). The standard InChI is InChI=1S/C34H21NOS/c1-2-11-23(12-3-1)35(28-16-9-19-31-32(28)27-14-6-7-18-30(27)37-31)29-17-8-15-25-26-21-20-22-10-4-5-13-24(22)33(26)36-34(25)29/h1-21H. The topological polar surface area (TPSA) is 16.4 Å². The summed E-state index contributed by atoms with van der Waals surface area (Å²) in [5.41, 5.74) is 5.12. The van der Waals surface area contributed by atoms with Crippen LogP contribution < -0.4 is 4.90 Å². The Labute approximate surface area is 217 Å². The minimum Gasteiger partial charge on any atom is -0.453 e. The molecule has 174 valence electrons. The summed E-state index contributed by atoms with van der Waals surface area (Å²) in [6, 6.07) is 45.2. The predicted octanol–water partition coefficient (Wildman–Crippen LogP) is 10.6. The Hall–Kier alpha value is -4.60. The van der Waals surface area contributed by atoms with Crippen molar-refractivity contribution in [2.75, 3.05) is 4.90 Å². The molecular formula is C34H21NOS. The van der Waals surface area contributed by atoms with Crippen LogP contribution >= 0.6 is 11.3 Å². The SMILES string of the molecule is c1ccc(N(c2cccc3c2oc2c4ccccc4ccc32)c2cccc3sc4ccccc4c23)cc1. The van der Waals surface area contributed by atoms with E-state index >= 15 is 0 Å². The van der Waals surface area contributed by atoms with Gasteiger partial charge in [0.25, 0.3) is 0 Å². The summed E-state index contributed by atoms with van der Waals surface area (Å²) in [5.74, 6) is 0. The number of nitrogens with zero attached hydrogens (tertiary/aromatic N) is 1. The molecule has 0 aliphatic carbocycles. The molecule has 3 heteroatoms. The molecule has 2 nitrogen and oxygen atoms in total. The monoisotopic (exact) mass is 491 g/mol. The fraction of sp³-hybridized carbons (Fsp3) is 0. The summed E-state index contributed by atoms with van der Waals surface area (Å²) in [7, 11) is 0. The molecule has 6 aromatic carbocycles. The average Bonchev–Trinajstić information content (AvgIpc) is 3.53. The summed E-state index contributed by atoms with van der Waals surface area (Å²) in [4.78, 5) is 2.36. The van der Waals surface area contributed by atoms with E-state index < -0.39 is 0 Å². The highest BCUT2D eigenvalue weighted by Gasteiger charge is 2.22. The molecule has 0 aliphatic heterocycles. The number of para-hydroxylation sites is 2. The summed E-state index contributed by atoms with van der Waals surface area (Å²) >= 11 is 1.84. The molecule has 37 heavy (non-hydrogen) atoms. The summed E-state index contributed by atoms with van der Waals surface area (Å²) in [6.45, 7) is 0. The normalized spacial score (nSPS) is 11.8. The zero-order valence-corrected chi connectivity index (χ0v) is 20.7. The minimum absolute atomic E-state index is 0.897. The number of benzene rings is 6. The van der Waals surface area contributed by atoms with Crippen molar-refractivity contribution in [3.63, 3.8) is 0 Å². The van der Waals surface area contributed by atoms with E-state index in [4.69, 9.17) is 4.42 Å². The third kappa shape index (κ3) is 3.05. The Bertz CT molecular complexity index is 2100. The van der Waals surface area contributed by atoms with Crippen molar-refractivity contribution in [3.8, 4) is 0 Å². The third-order valence-electron chi connectivity index (χ3n) is 7.24. The van der Waals surface area contributed by atoms with E-state index in [1.807, 2.05) is 11.3 Å². The van der Waals surface area contributed by atoms with Gasteiger partial charge in [-0.05, 0) is 47.9 Å². The highest BCUT2D eigenvalue weighted by atomic mass is 32.1. The van der Waals surface area contributed by atoms with Crippen LogP contribution in [0.25, 0.3) is 52.9 Å². The van der Waals surface area contributed by atoms with Crippen molar-refractivity contribution < 1.29 is 4.42 Å². The first-order valence-corrected chi connectivity index (χ1v) is 13.3. The Morgan fingerprint density at radius 3 is 2.05 bits per heavy atom. The van der Waals surface area contributed by atoms with Gasteiger partial charge in [0.2, 0.25) is 0 Å². The molecule has 0 aliphatic rings. The van der Waals surface area contributed by atoms with Crippen LogP contribution in [0.4, 0.5) is 17.1 Å². The summed E-state index contributed by atoms with van der Waals surface area (Å²) in [5, 5.41) is 7.14. The second-order valence-corrected chi connectivity index (χ2v) is 10.4. The number of anilines is 3. The van der Waals surface area contributed by atoms with E-state index in [0.29, 0.717) is 0 Å². The van der Waals surface area contributed by atoms with E-state index in [2.05, 4.69) is 132 Å². The van der Waals surface area contributed by atoms with E-state index in [1.165, 1.54) is 25.6 Å². The highest BCUT2D eigenvalue weighted by molar-refractivity contribution is 7.26. The molecule has 0 bridgehead atoms. The van der Waals surface area contributed by atoms with Gasteiger partial charge in [0, 0.05) is 42.0 Å². The van der Waals surface area contributed by atoms with Crippen molar-refractivity contribution in [2.45, 2.75) is 0 Å². The van der Waals surface area contributed by atoms with Gasteiger partial charge in [-0.1, -0.05) is 84.9 Å². The van der Waals surface area contributed by atoms with Gasteiger partial charge in [-0.2, -0.15) is 0 Å². The van der Waals surface area contributed by atoms with Gasteiger partial charge >= 0.3 is 0 Å². The molecule has 0 unspecified atom stereocenters. The van der Waals surface area contributed by atoms with Crippen molar-refractivity contribution in [1.29, 1.82) is 0 Å². The quantitative estimate of drug-likeness (QED) is 0.244. The van der Waals surface area contributed by atoms with Crippen LogP contribution in [0.5, 0.6) is 0 Å². The maximum Gasteiger partial charge on any atom is 0.159 e. The first-order valence-electron chi connectivity index (χ1n) is 12.5. The van der Waals surface area contributed by atoms with Crippen LogP contribution in [-0.4, -0.2) is 0 Å². The minimum atomic E-state index is 0.897. The number of rotatable bonds is 3. The molecule has 0 N–H and O–H groups in total. The second kappa shape index (κ2) is 7.95. The van der Waals surface area contributed by atoms with Crippen LogP contribution in [0, 0.1) is 0 Å². The van der Waals surface area contributed by atoms with Crippen LogP contribution in [0.15, 0.2) is 132 Å². The molecule has 8 aromatic rings. The average molecular weight is 492 g/mol. The largest absolute Gasteiger partial charge is 0.453 e. The molecule has 0 spiro atoms. The molecule has 0 saturated carbocycles. The Morgan fingerprint density at radius 1 is 0.459 bits per heavy atom. The fourth-order valence-corrected chi connectivity index (χ4v) is 6.74. The van der Waals surface area contributed by atoms with Crippen molar-refractivity contribution in [2.24, 2.45) is 0 Å². The number of fused-ring (bicyclic) bond motifs is 8. The number of hydrogen-bond acceptors (Lipinski definition) is 3. The van der Waals surface area contributed by atoms with Crippen molar-refractivity contribution in [1.82, 2.24) is 0 Å². The summed E-state index contributed by atoms with van der Waals surface area (Å²) < 4.78 is 9.34. The zero-order chi connectivity index (χ0) is 24.3. The van der Waals surface area contributed by atoms with Crippen LogP contribution in [0.1, 0.15) is 0 Å². The van der Waals surface area contributed by atoms with Crippen molar-refractivity contribution >= 4 is 81.3 Å². The Balaban J connectivity index is 1.49. The van der Waals surface area contributed by atoms with Crippen molar-refractivity contribution in [3.05, 3.63) is 127 Å². The maximum absolute atomic E-state index is 6.76. The molecule has 0 saturated heterocycles. The lowest BCUT2D eigenvalue weighted by Gasteiger charge is -2.26. The lowest BCUT2D eigenvalue weighted by molar-refractivity contribution is 0.673. The predicted molar refractivity (Wildman–Crippen MR) is 159 cm³/mol. The van der Waals surface area contributed by atoms with Gasteiger partial charge < -0.3 is 9.32 Å². The molecule has 2 heterocycles. The van der Waals surface area contributed by atoms with Gasteiger partial charge in [-0.3, -0.25) is 0 Å². The van der Waals surface area contributed by atoms with Crippen LogP contribution in [0.2, 0.25) is 0 Å². The molecule has 2 aromatic heterocycles. The van der Waals surface area contributed by atoms with Gasteiger partial charge in [-0.15, -0.1) is 11.3 Å². The molecule has 0 amide bonds. The number of thiophene rings is 1. The van der Waals surface area contributed by atoms with Gasteiger partial charge in [-0.25, -0.2) is 0 Å². The Morgan fingerprint density at radius 2 is 1.14 bits per heavy atom. The lowest BCUT2D eigenvalue weighted by Crippen LogP contribution is -2.10. The first-order chi connectivity index (χ1) is 18.4. The zero-order valence-electron chi connectivity index (χ0n) is 19.9.